The molecule has 2 aromatic heterocycles. The first-order chi connectivity index (χ1) is 9.78. The molecule has 5 nitrogen and oxygen atoms in total. The van der Waals surface area contributed by atoms with Crippen molar-refractivity contribution in [3.63, 3.8) is 0 Å². The van der Waals surface area contributed by atoms with E-state index in [2.05, 4.69) is 10.1 Å². The second-order valence-corrected chi connectivity index (χ2v) is 5.22. The molecule has 1 fully saturated rings. The molecule has 1 saturated carbocycles. The summed E-state index contributed by atoms with van der Waals surface area (Å²) >= 11 is 0. The van der Waals surface area contributed by atoms with Crippen LogP contribution in [0, 0.1) is 5.92 Å². The minimum atomic E-state index is 0.412. The van der Waals surface area contributed by atoms with Crippen LogP contribution in [0.5, 0.6) is 0 Å². The van der Waals surface area contributed by atoms with Crippen molar-refractivity contribution in [1.29, 1.82) is 0 Å². The van der Waals surface area contributed by atoms with Crippen molar-refractivity contribution in [3.8, 4) is 11.1 Å². The lowest BCUT2D eigenvalue weighted by Crippen LogP contribution is -2.32. The predicted molar refractivity (Wildman–Crippen MR) is 76.0 cm³/mol. The fourth-order valence-electron chi connectivity index (χ4n) is 2.78. The maximum atomic E-state index is 5.93. The second-order valence-electron chi connectivity index (χ2n) is 5.22. The van der Waals surface area contributed by atoms with Crippen LogP contribution in [0.25, 0.3) is 11.1 Å². The number of nitrogens with two attached hydrogens (primary N) is 1. The quantitative estimate of drug-likeness (QED) is 0.906. The van der Waals surface area contributed by atoms with Crippen molar-refractivity contribution in [2.45, 2.75) is 32.3 Å². The van der Waals surface area contributed by atoms with Crippen molar-refractivity contribution in [2.75, 3.05) is 12.3 Å². The van der Waals surface area contributed by atoms with Crippen molar-refractivity contribution in [3.05, 3.63) is 30.3 Å². The molecule has 0 aromatic carbocycles. The number of hydrogen-bond acceptors (Lipinski definition) is 5. The normalized spacial score (nSPS) is 21.6. The van der Waals surface area contributed by atoms with Gasteiger partial charge in [-0.05, 0) is 43.4 Å². The van der Waals surface area contributed by atoms with Crippen LogP contribution in [-0.4, -0.2) is 22.9 Å². The van der Waals surface area contributed by atoms with Crippen LogP contribution in [0.4, 0.5) is 5.82 Å². The van der Waals surface area contributed by atoms with Crippen molar-refractivity contribution in [2.24, 2.45) is 5.92 Å². The van der Waals surface area contributed by atoms with E-state index in [4.69, 9.17) is 15.0 Å². The molecule has 0 unspecified atom stereocenters. The van der Waals surface area contributed by atoms with Gasteiger partial charge in [0, 0.05) is 25.4 Å². The fraction of sp³-hybridized carbons (Fsp3) is 0.467. The molecule has 2 N–H and O–H groups in total. The van der Waals surface area contributed by atoms with Crippen LogP contribution >= 0.6 is 0 Å². The molecule has 0 atom stereocenters. The smallest absolute Gasteiger partial charge is 0.175 e. The van der Waals surface area contributed by atoms with Crippen molar-refractivity contribution >= 4 is 5.82 Å². The molecule has 20 heavy (non-hydrogen) atoms. The third-order valence-electron chi connectivity index (χ3n) is 3.83. The summed E-state index contributed by atoms with van der Waals surface area (Å²) in [6, 6.07) is 3.85. The summed E-state index contributed by atoms with van der Waals surface area (Å²) in [5.74, 6) is 1.92. The molecule has 0 saturated heterocycles. The highest BCUT2D eigenvalue weighted by Crippen LogP contribution is 2.37. The molecule has 0 bridgehead atoms. The van der Waals surface area contributed by atoms with Crippen LogP contribution in [0.2, 0.25) is 0 Å². The molecule has 2 heterocycles. The van der Waals surface area contributed by atoms with Crippen LogP contribution in [0.15, 0.2) is 29.0 Å². The number of nitrogens with zero attached hydrogens (tertiary/aromatic N) is 2. The van der Waals surface area contributed by atoms with Gasteiger partial charge in [0.15, 0.2) is 5.82 Å². The van der Waals surface area contributed by atoms with E-state index in [1.54, 1.807) is 12.4 Å². The molecule has 1 aliphatic carbocycles. The van der Waals surface area contributed by atoms with E-state index >= 15 is 0 Å². The number of ether oxygens (including phenoxy) is 1. The Balaban J connectivity index is 1.72. The lowest BCUT2D eigenvalue weighted by Gasteiger charge is -2.34. The summed E-state index contributed by atoms with van der Waals surface area (Å²) < 4.78 is 11.0. The Morgan fingerprint density at radius 3 is 2.80 bits per heavy atom. The van der Waals surface area contributed by atoms with Crippen LogP contribution in [0.1, 0.15) is 25.5 Å². The Morgan fingerprint density at radius 1 is 1.35 bits per heavy atom. The van der Waals surface area contributed by atoms with Gasteiger partial charge in [-0.1, -0.05) is 5.16 Å². The van der Waals surface area contributed by atoms with E-state index in [0.717, 1.165) is 42.8 Å². The Bertz CT molecular complexity index is 562. The molecule has 0 amide bonds. The van der Waals surface area contributed by atoms with E-state index < -0.39 is 0 Å². The van der Waals surface area contributed by atoms with Gasteiger partial charge in [-0.3, -0.25) is 4.98 Å². The molecular formula is C15H19N3O2. The summed E-state index contributed by atoms with van der Waals surface area (Å²) in [5, 5.41) is 3.91. The Kier molecular flexibility index (Phi) is 3.69. The van der Waals surface area contributed by atoms with Crippen molar-refractivity contribution < 1.29 is 9.26 Å². The number of rotatable bonds is 5. The van der Waals surface area contributed by atoms with Gasteiger partial charge in [0.05, 0.1) is 11.7 Å². The second kappa shape index (κ2) is 5.63. The van der Waals surface area contributed by atoms with E-state index in [1.807, 2.05) is 19.1 Å². The van der Waals surface area contributed by atoms with Crippen LogP contribution in [-0.2, 0) is 11.2 Å². The lowest BCUT2D eigenvalue weighted by molar-refractivity contribution is -0.0254. The highest BCUT2D eigenvalue weighted by molar-refractivity contribution is 5.75. The molecule has 0 radical (unpaired) electrons. The molecule has 0 aliphatic heterocycles. The van der Waals surface area contributed by atoms with Crippen molar-refractivity contribution in [1.82, 2.24) is 10.1 Å². The zero-order valence-corrected chi connectivity index (χ0v) is 11.6. The van der Waals surface area contributed by atoms with Crippen LogP contribution < -0.4 is 5.73 Å². The molecule has 2 aromatic rings. The zero-order valence-electron chi connectivity index (χ0n) is 11.6. The summed E-state index contributed by atoms with van der Waals surface area (Å²) in [4.78, 5) is 4.02. The van der Waals surface area contributed by atoms with Crippen LogP contribution in [0.3, 0.4) is 0 Å². The van der Waals surface area contributed by atoms with E-state index in [1.165, 1.54) is 0 Å². The minimum absolute atomic E-state index is 0.412. The zero-order chi connectivity index (χ0) is 13.9. The topological polar surface area (TPSA) is 74.2 Å². The summed E-state index contributed by atoms with van der Waals surface area (Å²) in [6.45, 7) is 2.82. The summed E-state index contributed by atoms with van der Waals surface area (Å²) in [5.41, 5.74) is 7.85. The van der Waals surface area contributed by atoms with Gasteiger partial charge in [-0.25, -0.2) is 0 Å². The lowest BCUT2D eigenvalue weighted by atomic mass is 9.79. The summed E-state index contributed by atoms with van der Waals surface area (Å²) in [7, 11) is 0. The molecule has 0 spiro atoms. The average Bonchev–Trinajstić information content (AvgIpc) is 2.78. The minimum Gasteiger partial charge on any atom is -0.380 e. The van der Waals surface area contributed by atoms with E-state index in [-0.39, 0.29) is 0 Å². The highest BCUT2D eigenvalue weighted by atomic mass is 16.5. The Morgan fingerprint density at radius 2 is 2.10 bits per heavy atom. The number of aromatic nitrogens is 2. The first-order valence-corrected chi connectivity index (χ1v) is 7.04. The maximum absolute atomic E-state index is 5.93. The monoisotopic (exact) mass is 273 g/mol. The maximum Gasteiger partial charge on any atom is 0.175 e. The molecule has 3 rings (SSSR count). The van der Waals surface area contributed by atoms with Gasteiger partial charge >= 0.3 is 0 Å². The third-order valence-corrected chi connectivity index (χ3v) is 3.83. The Hall–Kier alpha value is -1.88. The standard InChI is InChI=1S/C15H19N3O2/c1-2-19-12-7-10(8-12)9-13-14(15(16)18-20-13)11-3-5-17-6-4-11/h3-6,10,12H,2,7-9H2,1H3,(H2,16,18). The van der Waals surface area contributed by atoms with Gasteiger partial charge in [0.2, 0.25) is 0 Å². The Labute approximate surface area is 118 Å². The number of hydrogen-bond donors (Lipinski definition) is 1. The van der Waals surface area contributed by atoms with Gasteiger partial charge < -0.3 is 15.0 Å². The largest absolute Gasteiger partial charge is 0.380 e. The predicted octanol–water partition coefficient (Wildman–Crippen LogP) is 2.68. The van der Waals surface area contributed by atoms with Gasteiger partial charge in [-0.2, -0.15) is 0 Å². The number of pyridine rings is 1. The molecule has 106 valence electrons. The molecular weight excluding hydrogens is 254 g/mol. The van der Waals surface area contributed by atoms with E-state index in [0.29, 0.717) is 17.8 Å². The summed E-state index contributed by atoms with van der Waals surface area (Å²) in [6.07, 6.45) is 6.95. The first kappa shape index (κ1) is 13.1. The highest BCUT2D eigenvalue weighted by Gasteiger charge is 2.31. The van der Waals surface area contributed by atoms with Gasteiger partial charge in [-0.15, -0.1) is 0 Å². The SMILES string of the molecule is CCOC1CC(Cc2onc(N)c2-c2ccncc2)C1. The third kappa shape index (κ3) is 2.54. The molecule has 5 heteroatoms. The fourth-order valence-corrected chi connectivity index (χ4v) is 2.78. The molecule has 1 aliphatic rings. The first-order valence-electron chi connectivity index (χ1n) is 7.04. The van der Waals surface area contributed by atoms with Gasteiger partial charge in [0.25, 0.3) is 0 Å². The number of nitrogen functional groups attached to an aromatic ring is 1. The number of anilines is 1. The average molecular weight is 273 g/mol. The van der Waals surface area contributed by atoms with E-state index in [9.17, 15) is 0 Å². The van der Waals surface area contributed by atoms with Gasteiger partial charge in [0.1, 0.15) is 5.76 Å².